The summed E-state index contributed by atoms with van der Waals surface area (Å²) < 4.78 is 6.01. The number of hydrogen-bond donors (Lipinski definition) is 0. The van der Waals surface area contributed by atoms with Gasteiger partial charge in [0.2, 0.25) is 0 Å². The summed E-state index contributed by atoms with van der Waals surface area (Å²) in [5.74, 6) is 1.05. The van der Waals surface area contributed by atoms with Crippen LogP contribution < -0.4 is 0 Å². The summed E-state index contributed by atoms with van der Waals surface area (Å²) in [7, 11) is 0. The number of aryl methyl sites for hydroxylation is 1. The van der Waals surface area contributed by atoms with Crippen molar-refractivity contribution in [1.82, 2.24) is 4.90 Å². The molecule has 0 atom stereocenters. The van der Waals surface area contributed by atoms with Crippen molar-refractivity contribution in [2.75, 3.05) is 13.1 Å². The van der Waals surface area contributed by atoms with Gasteiger partial charge in [0.15, 0.2) is 5.76 Å². The van der Waals surface area contributed by atoms with E-state index in [-0.39, 0.29) is 16.7 Å². The number of benzene rings is 1. The van der Waals surface area contributed by atoms with E-state index in [0.29, 0.717) is 31.7 Å². The van der Waals surface area contributed by atoms with Gasteiger partial charge in [-0.15, -0.1) is 0 Å². The van der Waals surface area contributed by atoms with E-state index >= 15 is 0 Å². The highest BCUT2D eigenvalue weighted by atomic mass is 16.4. The lowest BCUT2D eigenvalue weighted by Crippen LogP contribution is -2.34. The van der Waals surface area contributed by atoms with E-state index in [4.69, 9.17) is 9.68 Å². The zero-order valence-electron chi connectivity index (χ0n) is 20.7. The molecule has 1 aliphatic carbocycles. The number of unbranched alkanes of at least 4 members (excludes halogenated alkanes) is 1. The second-order valence-corrected chi connectivity index (χ2v) is 10.6. The first-order valence-electron chi connectivity index (χ1n) is 12.0. The molecular formula is C28H38N2O2. The second-order valence-electron chi connectivity index (χ2n) is 10.6. The molecule has 0 spiro atoms. The van der Waals surface area contributed by atoms with Gasteiger partial charge in [-0.2, -0.15) is 5.26 Å². The topological polar surface area (TPSA) is 57.2 Å². The van der Waals surface area contributed by atoms with Crippen molar-refractivity contribution in [3.8, 4) is 6.07 Å². The summed E-state index contributed by atoms with van der Waals surface area (Å²) in [5.41, 5.74) is 5.81. The van der Waals surface area contributed by atoms with Crippen LogP contribution >= 0.6 is 0 Å². The molecule has 0 radical (unpaired) electrons. The molecule has 0 saturated heterocycles. The Kier molecular flexibility index (Phi) is 7.18. The molecule has 2 aromatic rings. The standard InChI is InChI=1S/C28H38N2O2/c1-7-8-15-30(16-9-14-29)26(31)25-11-10-22(32-25)18-21-19-24-23(17-20(21)2)27(3,4)12-13-28(24,5)6/h10-11,17,19H,7-9,12-13,15-16,18H2,1-6H3. The van der Waals surface area contributed by atoms with Crippen LogP contribution in [-0.4, -0.2) is 23.9 Å². The van der Waals surface area contributed by atoms with Crippen LogP contribution in [0.4, 0.5) is 0 Å². The minimum absolute atomic E-state index is 0.120. The zero-order chi connectivity index (χ0) is 23.5. The molecule has 1 aliphatic rings. The minimum Gasteiger partial charge on any atom is -0.456 e. The number of furan rings is 1. The summed E-state index contributed by atoms with van der Waals surface area (Å²) in [5, 5.41) is 8.93. The number of carbonyl (C=O) groups excluding carboxylic acids is 1. The van der Waals surface area contributed by atoms with Gasteiger partial charge in [-0.25, -0.2) is 0 Å². The summed E-state index contributed by atoms with van der Waals surface area (Å²) >= 11 is 0. The average Bonchev–Trinajstić information content (AvgIpc) is 3.21. The quantitative estimate of drug-likeness (QED) is 0.465. The fourth-order valence-electron chi connectivity index (χ4n) is 4.74. The third kappa shape index (κ3) is 5.09. The van der Waals surface area contributed by atoms with Crippen molar-refractivity contribution in [3.63, 3.8) is 0 Å². The second kappa shape index (κ2) is 9.53. The first kappa shape index (κ1) is 24.1. The maximum atomic E-state index is 13.0. The first-order chi connectivity index (χ1) is 15.1. The number of carbonyl (C=O) groups is 1. The SMILES string of the molecule is CCCCN(CCC#N)C(=O)c1ccc(Cc2cc3c(cc2C)C(C)(C)CCC3(C)C)o1. The van der Waals surface area contributed by atoms with Crippen LogP contribution in [0.2, 0.25) is 0 Å². The molecule has 1 heterocycles. The Morgan fingerprint density at radius 3 is 2.38 bits per heavy atom. The van der Waals surface area contributed by atoms with Gasteiger partial charge in [0.25, 0.3) is 5.91 Å². The van der Waals surface area contributed by atoms with Crippen molar-refractivity contribution in [2.24, 2.45) is 0 Å². The average molecular weight is 435 g/mol. The smallest absolute Gasteiger partial charge is 0.289 e. The number of hydrogen-bond acceptors (Lipinski definition) is 3. The predicted molar refractivity (Wildman–Crippen MR) is 129 cm³/mol. The van der Waals surface area contributed by atoms with Crippen LogP contribution in [0.3, 0.4) is 0 Å². The normalized spacial score (nSPS) is 16.3. The van der Waals surface area contributed by atoms with E-state index in [1.165, 1.54) is 35.1 Å². The van der Waals surface area contributed by atoms with Crippen molar-refractivity contribution >= 4 is 5.91 Å². The molecule has 4 nitrogen and oxygen atoms in total. The summed E-state index contributed by atoms with van der Waals surface area (Å²) in [6.45, 7) is 14.8. The maximum Gasteiger partial charge on any atom is 0.289 e. The largest absolute Gasteiger partial charge is 0.456 e. The van der Waals surface area contributed by atoms with E-state index in [0.717, 1.165) is 18.6 Å². The molecule has 0 N–H and O–H groups in total. The Bertz CT molecular complexity index is 1010. The Labute approximate surface area is 193 Å². The number of nitriles is 1. The van der Waals surface area contributed by atoms with Crippen molar-refractivity contribution in [1.29, 1.82) is 5.26 Å². The fourth-order valence-corrected chi connectivity index (χ4v) is 4.74. The fraction of sp³-hybridized carbons (Fsp3) is 0.571. The first-order valence-corrected chi connectivity index (χ1v) is 12.0. The van der Waals surface area contributed by atoms with Crippen LogP contribution in [0.25, 0.3) is 0 Å². The van der Waals surface area contributed by atoms with E-state index in [1.54, 1.807) is 11.0 Å². The Balaban J connectivity index is 1.84. The lowest BCUT2D eigenvalue weighted by molar-refractivity contribution is 0.0723. The predicted octanol–water partition coefficient (Wildman–Crippen LogP) is 6.68. The molecule has 32 heavy (non-hydrogen) atoms. The van der Waals surface area contributed by atoms with Crippen LogP contribution in [0, 0.1) is 18.3 Å². The van der Waals surface area contributed by atoms with Crippen LogP contribution in [0.5, 0.6) is 0 Å². The molecule has 3 rings (SSSR count). The van der Waals surface area contributed by atoms with Crippen LogP contribution in [0.15, 0.2) is 28.7 Å². The Morgan fingerprint density at radius 2 is 1.75 bits per heavy atom. The molecule has 0 fully saturated rings. The molecule has 0 bridgehead atoms. The number of amides is 1. The highest BCUT2D eigenvalue weighted by molar-refractivity contribution is 5.91. The van der Waals surface area contributed by atoms with E-state index < -0.39 is 0 Å². The van der Waals surface area contributed by atoms with Gasteiger partial charge >= 0.3 is 0 Å². The van der Waals surface area contributed by atoms with Gasteiger partial charge in [0.05, 0.1) is 12.5 Å². The van der Waals surface area contributed by atoms with E-state index in [1.807, 2.05) is 6.07 Å². The van der Waals surface area contributed by atoms with Gasteiger partial charge < -0.3 is 9.32 Å². The lowest BCUT2D eigenvalue weighted by Gasteiger charge is -2.42. The summed E-state index contributed by atoms with van der Waals surface area (Å²) in [6.07, 6.45) is 5.33. The minimum atomic E-state index is -0.120. The zero-order valence-corrected chi connectivity index (χ0v) is 20.7. The van der Waals surface area contributed by atoms with Crippen molar-refractivity contribution in [2.45, 2.75) is 90.9 Å². The van der Waals surface area contributed by atoms with E-state index in [9.17, 15) is 4.79 Å². The molecule has 1 aromatic carbocycles. The third-order valence-corrected chi connectivity index (χ3v) is 7.11. The number of nitrogens with zero attached hydrogens (tertiary/aromatic N) is 2. The third-order valence-electron chi connectivity index (χ3n) is 7.11. The van der Waals surface area contributed by atoms with Crippen LogP contribution in [-0.2, 0) is 17.3 Å². The van der Waals surface area contributed by atoms with E-state index in [2.05, 4.69) is 59.7 Å². The molecular weight excluding hydrogens is 396 g/mol. The number of rotatable bonds is 8. The molecule has 0 unspecified atom stereocenters. The van der Waals surface area contributed by atoms with Gasteiger partial charge in [-0.05, 0) is 71.4 Å². The molecule has 1 amide bonds. The van der Waals surface area contributed by atoms with Gasteiger partial charge in [0, 0.05) is 19.5 Å². The highest BCUT2D eigenvalue weighted by Crippen LogP contribution is 2.46. The van der Waals surface area contributed by atoms with Gasteiger partial charge in [0.1, 0.15) is 5.76 Å². The van der Waals surface area contributed by atoms with Gasteiger partial charge in [-0.1, -0.05) is 53.2 Å². The Hall–Kier alpha value is -2.54. The molecule has 4 heteroatoms. The van der Waals surface area contributed by atoms with Crippen LogP contribution in [0.1, 0.15) is 105 Å². The Morgan fingerprint density at radius 1 is 1.09 bits per heavy atom. The molecule has 0 saturated carbocycles. The number of fused-ring (bicyclic) bond motifs is 1. The monoisotopic (exact) mass is 434 g/mol. The highest BCUT2D eigenvalue weighted by Gasteiger charge is 2.37. The van der Waals surface area contributed by atoms with Crippen molar-refractivity contribution in [3.05, 3.63) is 58.0 Å². The molecule has 1 aromatic heterocycles. The van der Waals surface area contributed by atoms with Crippen molar-refractivity contribution < 1.29 is 9.21 Å². The molecule has 172 valence electrons. The van der Waals surface area contributed by atoms with Gasteiger partial charge in [-0.3, -0.25) is 4.79 Å². The maximum absolute atomic E-state index is 13.0. The summed E-state index contributed by atoms with van der Waals surface area (Å²) in [6, 6.07) is 10.6. The molecule has 0 aliphatic heterocycles. The lowest BCUT2D eigenvalue weighted by atomic mass is 9.62. The summed E-state index contributed by atoms with van der Waals surface area (Å²) in [4.78, 5) is 14.7.